The van der Waals surface area contributed by atoms with E-state index < -0.39 is 11.7 Å². The number of alkyl carbamates (subject to hydrolysis) is 1. The van der Waals surface area contributed by atoms with Gasteiger partial charge < -0.3 is 25.8 Å². The minimum atomic E-state index is -0.761. The molecule has 7 nitrogen and oxygen atoms in total. The molecule has 1 fully saturated rings. The lowest BCUT2D eigenvalue weighted by Crippen LogP contribution is -2.48. The van der Waals surface area contributed by atoms with Gasteiger partial charge in [-0.2, -0.15) is 0 Å². The van der Waals surface area contributed by atoms with Crippen LogP contribution in [0.15, 0.2) is 29.3 Å². The number of nitrogens with zero attached hydrogens (tertiary/aromatic N) is 1. The van der Waals surface area contributed by atoms with Crippen molar-refractivity contribution >= 4 is 47.6 Å². The Kier molecular flexibility index (Phi) is 11.9. The third kappa shape index (κ3) is 10.3. The van der Waals surface area contributed by atoms with Crippen molar-refractivity contribution in [1.82, 2.24) is 16.0 Å². The fourth-order valence-electron chi connectivity index (χ4n) is 3.39. The van der Waals surface area contributed by atoms with Crippen LogP contribution in [0.5, 0.6) is 0 Å². The van der Waals surface area contributed by atoms with Gasteiger partial charge in [0.2, 0.25) is 0 Å². The first kappa shape index (κ1) is 27.8. The number of hydrogen-bond acceptors (Lipinski definition) is 4. The van der Waals surface area contributed by atoms with Gasteiger partial charge in [-0.3, -0.25) is 4.99 Å². The van der Waals surface area contributed by atoms with E-state index in [4.69, 9.17) is 16.3 Å². The van der Waals surface area contributed by atoms with Crippen molar-refractivity contribution in [3.8, 4) is 0 Å². The fraction of sp³-hybridized carbons (Fsp3) is 0.636. The molecule has 1 atom stereocenters. The molecule has 4 N–H and O–H groups in total. The average Bonchev–Trinajstić information content (AvgIpc) is 2.66. The molecule has 1 aromatic rings. The first-order valence-electron chi connectivity index (χ1n) is 10.6. The van der Waals surface area contributed by atoms with Gasteiger partial charge in [0.05, 0.1) is 6.54 Å². The summed E-state index contributed by atoms with van der Waals surface area (Å²) in [6, 6.07) is 7.64. The SMILES string of the molecule is CCNC(=NCC(O)c1ccccc1Cl)NC1CCC(NC(=O)OC(C)(C)C)CC1.I. The van der Waals surface area contributed by atoms with E-state index >= 15 is 0 Å². The second-order valence-electron chi connectivity index (χ2n) is 8.60. The van der Waals surface area contributed by atoms with Gasteiger partial charge in [-0.15, -0.1) is 24.0 Å². The Labute approximate surface area is 207 Å². The maximum Gasteiger partial charge on any atom is 0.407 e. The summed E-state index contributed by atoms with van der Waals surface area (Å²) in [4.78, 5) is 16.5. The van der Waals surface area contributed by atoms with Crippen LogP contribution in [0, 0.1) is 0 Å². The van der Waals surface area contributed by atoms with Crippen molar-refractivity contribution in [2.75, 3.05) is 13.1 Å². The number of ether oxygens (including phenoxy) is 1. The van der Waals surface area contributed by atoms with Crippen LogP contribution < -0.4 is 16.0 Å². The monoisotopic (exact) mass is 566 g/mol. The zero-order valence-corrected chi connectivity index (χ0v) is 21.9. The highest BCUT2D eigenvalue weighted by Gasteiger charge is 2.25. The van der Waals surface area contributed by atoms with E-state index in [1.807, 2.05) is 45.9 Å². The van der Waals surface area contributed by atoms with E-state index in [9.17, 15) is 9.90 Å². The maximum absolute atomic E-state index is 12.0. The van der Waals surface area contributed by atoms with Crippen molar-refractivity contribution in [3.05, 3.63) is 34.9 Å². The minimum Gasteiger partial charge on any atom is -0.444 e. The zero-order valence-electron chi connectivity index (χ0n) is 18.8. The molecule has 0 aromatic heterocycles. The molecule has 0 radical (unpaired) electrons. The van der Waals surface area contributed by atoms with Crippen LogP contribution in [0.1, 0.15) is 65.0 Å². The van der Waals surface area contributed by atoms with Gasteiger partial charge in [0.1, 0.15) is 11.7 Å². The molecule has 1 aliphatic rings. The van der Waals surface area contributed by atoms with Crippen molar-refractivity contribution in [2.24, 2.45) is 4.99 Å². The standard InChI is InChI=1S/C22H35ClN4O3.HI/c1-5-24-20(25-14-19(28)17-8-6-7-9-18(17)23)26-15-10-12-16(13-11-15)27-21(29)30-22(2,3)4;/h6-9,15-16,19,28H,5,10-14H2,1-4H3,(H,27,29)(H2,24,25,26);1H. The molecule has 1 amide bonds. The molecule has 1 aromatic carbocycles. The highest BCUT2D eigenvalue weighted by atomic mass is 127. The number of aliphatic hydroxyl groups is 1. The molecule has 0 aliphatic heterocycles. The van der Waals surface area contributed by atoms with Crippen molar-refractivity contribution in [3.63, 3.8) is 0 Å². The van der Waals surface area contributed by atoms with E-state index in [1.165, 1.54) is 0 Å². The summed E-state index contributed by atoms with van der Waals surface area (Å²) in [5.74, 6) is 0.673. The Morgan fingerprint density at radius 2 is 1.77 bits per heavy atom. The molecular weight excluding hydrogens is 531 g/mol. The lowest BCUT2D eigenvalue weighted by atomic mass is 9.91. The molecule has 9 heteroatoms. The number of nitrogens with one attached hydrogen (secondary N) is 3. The van der Waals surface area contributed by atoms with Gasteiger partial charge in [-0.05, 0) is 59.4 Å². The van der Waals surface area contributed by atoms with E-state index in [0.717, 1.165) is 32.2 Å². The third-order valence-electron chi connectivity index (χ3n) is 4.82. The van der Waals surface area contributed by atoms with Gasteiger partial charge in [0.25, 0.3) is 0 Å². The van der Waals surface area contributed by atoms with Gasteiger partial charge in [-0.1, -0.05) is 29.8 Å². The van der Waals surface area contributed by atoms with Gasteiger partial charge in [-0.25, -0.2) is 4.79 Å². The Balaban J connectivity index is 0.00000480. The van der Waals surface area contributed by atoms with E-state index in [2.05, 4.69) is 20.9 Å². The third-order valence-corrected chi connectivity index (χ3v) is 5.16. The summed E-state index contributed by atoms with van der Waals surface area (Å²) in [5.41, 5.74) is 0.182. The van der Waals surface area contributed by atoms with Crippen LogP contribution in [0.3, 0.4) is 0 Å². The Hall–Kier alpha value is -1.26. The van der Waals surface area contributed by atoms with E-state index in [0.29, 0.717) is 16.5 Å². The summed E-state index contributed by atoms with van der Waals surface area (Å²) in [6.07, 6.45) is 2.46. The first-order chi connectivity index (χ1) is 14.2. The Bertz CT molecular complexity index is 719. The number of aliphatic imine (C=N–C) groups is 1. The molecule has 0 bridgehead atoms. The lowest BCUT2D eigenvalue weighted by molar-refractivity contribution is 0.0490. The number of carbonyl (C=O) groups excluding carboxylic acids is 1. The number of hydrogen-bond donors (Lipinski definition) is 4. The van der Waals surface area contributed by atoms with Crippen molar-refractivity contribution < 1.29 is 14.6 Å². The van der Waals surface area contributed by atoms with Crippen LogP contribution >= 0.6 is 35.6 Å². The summed E-state index contributed by atoms with van der Waals surface area (Å²) in [5, 5.41) is 20.6. The second kappa shape index (κ2) is 13.3. The van der Waals surface area contributed by atoms with Crippen LogP contribution in [-0.2, 0) is 4.74 Å². The number of halogens is 2. The topological polar surface area (TPSA) is 95.0 Å². The highest BCUT2D eigenvalue weighted by molar-refractivity contribution is 14.0. The fourth-order valence-corrected chi connectivity index (χ4v) is 3.65. The predicted octanol–water partition coefficient (Wildman–Crippen LogP) is 4.38. The molecule has 2 rings (SSSR count). The van der Waals surface area contributed by atoms with Gasteiger partial charge in [0.15, 0.2) is 5.96 Å². The maximum atomic E-state index is 12.0. The molecule has 0 spiro atoms. The number of guanidine groups is 1. The summed E-state index contributed by atoms with van der Waals surface area (Å²) in [7, 11) is 0. The molecule has 1 aliphatic carbocycles. The lowest BCUT2D eigenvalue weighted by Gasteiger charge is -2.31. The van der Waals surface area contributed by atoms with Crippen molar-refractivity contribution in [2.45, 2.75) is 77.2 Å². The number of amides is 1. The molecule has 0 saturated heterocycles. The number of benzene rings is 1. The molecule has 1 saturated carbocycles. The van der Waals surface area contributed by atoms with Crippen molar-refractivity contribution in [1.29, 1.82) is 0 Å². The molecule has 1 unspecified atom stereocenters. The summed E-state index contributed by atoms with van der Waals surface area (Å²) >= 11 is 6.16. The first-order valence-corrected chi connectivity index (χ1v) is 11.0. The predicted molar refractivity (Wildman–Crippen MR) is 136 cm³/mol. The largest absolute Gasteiger partial charge is 0.444 e. The quantitative estimate of drug-likeness (QED) is 0.233. The minimum absolute atomic E-state index is 0. The molecule has 0 heterocycles. The molecular formula is C22H36ClIN4O3. The Morgan fingerprint density at radius 1 is 1.19 bits per heavy atom. The highest BCUT2D eigenvalue weighted by Crippen LogP contribution is 2.23. The summed E-state index contributed by atoms with van der Waals surface area (Å²) < 4.78 is 5.34. The van der Waals surface area contributed by atoms with E-state index in [1.54, 1.807) is 6.07 Å². The van der Waals surface area contributed by atoms with Crippen LogP contribution in [0.2, 0.25) is 5.02 Å². The van der Waals surface area contributed by atoms with Gasteiger partial charge in [0, 0.05) is 29.2 Å². The Morgan fingerprint density at radius 3 is 2.32 bits per heavy atom. The molecule has 31 heavy (non-hydrogen) atoms. The zero-order chi connectivity index (χ0) is 22.1. The number of aliphatic hydroxyl groups excluding tert-OH is 1. The smallest absolute Gasteiger partial charge is 0.407 e. The molecule has 176 valence electrons. The van der Waals surface area contributed by atoms with E-state index in [-0.39, 0.29) is 48.7 Å². The van der Waals surface area contributed by atoms with Crippen LogP contribution in [0.25, 0.3) is 0 Å². The summed E-state index contributed by atoms with van der Waals surface area (Å²) in [6.45, 7) is 8.52. The normalized spacial score (nSPS) is 20.3. The number of rotatable bonds is 6. The number of carbonyl (C=O) groups is 1. The second-order valence-corrected chi connectivity index (χ2v) is 9.00. The average molecular weight is 567 g/mol. The van der Waals surface area contributed by atoms with Crippen LogP contribution in [0.4, 0.5) is 4.79 Å². The van der Waals surface area contributed by atoms with Crippen LogP contribution in [-0.4, -0.2) is 47.9 Å². The van der Waals surface area contributed by atoms with Gasteiger partial charge >= 0.3 is 6.09 Å².